The van der Waals surface area contributed by atoms with Crippen molar-refractivity contribution in [2.24, 2.45) is 0 Å². The second-order valence-electron chi connectivity index (χ2n) is 2.35. The van der Waals surface area contributed by atoms with Gasteiger partial charge in [-0.3, -0.25) is 0 Å². The number of aliphatic carboxylic acids is 2. The molecule has 0 bridgehead atoms. The molecule has 9 heteroatoms. The minimum Gasteiger partial charge on any atom is -0.545 e. The summed E-state index contributed by atoms with van der Waals surface area (Å²) in [5.74, 6) is -4.25. The first-order valence-electron chi connectivity index (χ1n) is 4.27. The summed E-state index contributed by atoms with van der Waals surface area (Å²) in [6, 6.07) is 0. The van der Waals surface area contributed by atoms with Gasteiger partial charge >= 0.3 is 49.7 Å². The Labute approximate surface area is 138 Å². The van der Waals surface area contributed by atoms with Crippen LogP contribution in [0, 0.1) is 0 Å². The predicted molar refractivity (Wildman–Crippen MR) is 58.1 cm³/mol. The molecule has 0 unspecified atom stereocenters. The zero-order valence-electron chi connectivity index (χ0n) is 10.3. The Balaban J connectivity index is -0.000000256. The molecule has 0 saturated carbocycles. The van der Waals surface area contributed by atoms with Crippen molar-refractivity contribution < 1.29 is 38.9 Å². The third-order valence-corrected chi connectivity index (χ3v) is 1.11. The Morgan fingerprint density at radius 1 is 0.737 bits per heavy atom. The number of rotatable bonds is 4. The molecule has 0 aromatic carbocycles. The van der Waals surface area contributed by atoms with Crippen LogP contribution in [-0.2, 0) is 28.7 Å². The third kappa shape index (κ3) is 22.3. The summed E-state index contributed by atoms with van der Waals surface area (Å²) in [7, 11) is 2.31. The van der Waals surface area contributed by atoms with E-state index in [0.717, 1.165) is 26.4 Å². The summed E-state index contributed by atoms with van der Waals surface area (Å²) >= 11 is 0. The van der Waals surface area contributed by atoms with Crippen LogP contribution in [0.25, 0.3) is 0 Å². The third-order valence-electron chi connectivity index (χ3n) is 1.11. The molecule has 0 N–H and O–H groups in total. The average molecular weight is 298 g/mol. The van der Waals surface area contributed by atoms with Gasteiger partial charge in [-0.05, 0) is 12.2 Å². The van der Waals surface area contributed by atoms with Gasteiger partial charge in [-0.15, -0.1) is 0 Å². The predicted octanol–water partition coefficient (Wildman–Crippen LogP) is -3.45. The van der Waals surface area contributed by atoms with Gasteiger partial charge < -0.3 is 29.3 Å². The largest absolute Gasteiger partial charge is 2.00 e. The van der Waals surface area contributed by atoms with E-state index in [4.69, 9.17) is 0 Å². The molecule has 0 aromatic heterocycles. The van der Waals surface area contributed by atoms with Crippen molar-refractivity contribution in [2.75, 3.05) is 14.2 Å². The zero-order valence-corrected chi connectivity index (χ0v) is 12.5. The smallest absolute Gasteiger partial charge is 0.545 e. The first-order valence-corrected chi connectivity index (χ1v) is 4.27. The summed E-state index contributed by atoms with van der Waals surface area (Å²) in [5, 5.41) is 19.2. The molecule has 0 aliphatic carbocycles. The van der Waals surface area contributed by atoms with E-state index in [1.54, 1.807) is 0 Å². The Kier molecular flexibility index (Phi) is 17.6. The normalized spacial score (nSPS) is 8.95. The summed E-state index contributed by atoms with van der Waals surface area (Å²) in [5.41, 5.74) is 0. The van der Waals surface area contributed by atoms with E-state index < -0.39 is 23.9 Å². The first-order chi connectivity index (χ1) is 8.33. The molecule has 0 radical (unpaired) electrons. The summed E-state index contributed by atoms with van der Waals surface area (Å²) in [6.45, 7) is 0. The molecule has 0 amide bonds. The van der Waals surface area contributed by atoms with E-state index in [9.17, 15) is 29.4 Å². The van der Waals surface area contributed by atoms with E-state index >= 15 is 0 Å². The van der Waals surface area contributed by atoms with Gasteiger partial charge in [0.1, 0.15) is 0 Å². The minimum atomic E-state index is -1.42. The maximum absolute atomic E-state index is 10.1. The average Bonchev–Trinajstić information content (AvgIpc) is 2.33. The molecule has 0 fully saturated rings. The molecule has 0 saturated heterocycles. The van der Waals surface area contributed by atoms with Gasteiger partial charge in [0.2, 0.25) is 0 Å². The monoisotopic (exact) mass is 298 g/mol. The van der Waals surface area contributed by atoms with Crippen LogP contribution >= 0.6 is 0 Å². The van der Waals surface area contributed by atoms with Crippen molar-refractivity contribution in [3.8, 4) is 0 Å². The molecule has 0 rings (SSSR count). The molecule has 0 aliphatic heterocycles. The molecule has 0 heterocycles. The van der Waals surface area contributed by atoms with Gasteiger partial charge in [0, 0.05) is 12.2 Å². The van der Waals surface area contributed by atoms with Gasteiger partial charge in [-0.1, -0.05) is 0 Å². The summed E-state index contributed by atoms with van der Waals surface area (Å²) in [6.07, 6.45) is 2.75. The van der Waals surface area contributed by atoms with Crippen molar-refractivity contribution in [3.63, 3.8) is 0 Å². The molecule has 0 atom stereocenters. The second-order valence-corrected chi connectivity index (χ2v) is 2.35. The van der Waals surface area contributed by atoms with Gasteiger partial charge in [0.05, 0.1) is 26.2 Å². The van der Waals surface area contributed by atoms with Crippen LogP contribution in [0.5, 0.6) is 0 Å². The van der Waals surface area contributed by atoms with E-state index in [2.05, 4.69) is 9.47 Å². The Hall–Kier alpha value is -1.38. The second kappa shape index (κ2) is 14.7. The van der Waals surface area contributed by atoms with Crippen molar-refractivity contribution in [1.29, 1.82) is 0 Å². The van der Waals surface area contributed by atoms with Gasteiger partial charge in [-0.25, -0.2) is 9.59 Å². The Morgan fingerprint density at radius 3 is 1.16 bits per heavy atom. The van der Waals surface area contributed by atoms with Gasteiger partial charge in [0.25, 0.3) is 0 Å². The Morgan fingerprint density at radius 2 is 1.00 bits per heavy atom. The van der Waals surface area contributed by atoms with Crippen LogP contribution < -0.4 is 10.2 Å². The number of hydrogen-bond donors (Lipinski definition) is 0. The topological polar surface area (TPSA) is 133 Å². The van der Waals surface area contributed by atoms with Crippen LogP contribution in [0.15, 0.2) is 24.3 Å². The standard InChI is InChI=1S/2C5H6O4.Ca/c2*1-9-5(8)3-2-4(6)7;/h2*2-3H,1H3,(H,6,7);/q;;+2/p-2. The number of carbonyl (C=O) groups excluding carboxylic acids is 4. The van der Waals surface area contributed by atoms with Gasteiger partial charge in [-0.2, -0.15) is 0 Å². The quantitative estimate of drug-likeness (QED) is 0.297. The fraction of sp³-hybridized carbons (Fsp3) is 0.200. The van der Waals surface area contributed by atoms with Crippen LogP contribution in [0.1, 0.15) is 0 Å². The molecule has 19 heavy (non-hydrogen) atoms. The van der Waals surface area contributed by atoms with Crippen LogP contribution in [0.2, 0.25) is 0 Å². The molecule has 8 nitrogen and oxygen atoms in total. The molecular formula is C10H10CaO8. The number of carbonyl (C=O) groups is 4. The maximum atomic E-state index is 10.1. The number of methoxy groups -OCH3 is 2. The minimum absolute atomic E-state index is 0. The number of ether oxygens (including phenoxy) is 2. The zero-order chi connectivity index (χ0) is 14.6. The maximum Gasteiger partial charge on any atom is 2.00 e. The van der Waals surface area contributed by atoms with E-state index in [-0.39, 0.29) is 37.7 Å². The summed E-state index contributed by atoms with van der Waals surface area (Å²) < 4.78 is 8.17. The van der Waals surface area contributed by atoms with Crippen molar-refractivity contribution in [1.82, 2.24) is 0 Å². The number of hydrogen-bond acceptors (Lipinski definition) is 8. The van der Waals surface area contributed by atoms with Crippen LogP contribution in [0.4, 0.5) is 0 Å². The number of esters is 2. The van der Waals surface area contributed by atoms with Crippen molar-refractivity contribution in [3.05, 3.63) is 24.3 Å². The van der Waals surface area contributed by atoms with Crippen molar-refractivity contribution in [2.45, 2.75) is 0 Å². The molecular weight excluding hydrogens is 288 g/mol. The molecule has 0 spiro atoms. The van der Waals surface area contributed by atoms with Gasteiger partial charge in [0.15, 0.2) is 0 Å². The van der Waals surface area contributed by atoms with Crippen LogP contribution in [-0.4, -0.2) is 75.8 Å². The SMILES string of the molecule is COC(=O)C=CC(=O)[O-].COC(=O)C=CC(=O)[O-].[Ca+2]. The van der Waals surface area contributed by atoms with E-state index in [1.165, 1.54) is 0 Å². The Bertz CT molecular complexity index is 336. The molecule has 0 aromatic rings. The first kappa shape index (κ1) is 22.8. The van der Waals surface area contributed by atoms with E-state index in [0.29, 0.717) is 12.2 Å². The van der Waals surface area contributed by atoms with E-state index in [1.807, 2.05) is 0 Å². The fourth-order valence-corrected chi connectivity index (χ4v) is 0.408. The number of carboxylic acids is 2. The fourth-order valence-electron chi connectivity index (χ4n) is 0.408. The van der Waals surface area contributed by atoms with Crippen LogP contribution in [0.3, 0.4) is 0 Å². The molecule has 100 valence electrons. The number of carboxylic acid groups (broad SMARTS) is 2. The molecule has 0 aliphatic rings. The summed E-state index contributed by atoms with van der Waals surface area (Å²) in [4.78, 5) is 39.5. The van der Waals surface area contributed by atoms with Crippen molar-refractivity contribution >= 4 is 61.6 Å².